The molecule has 16 heavy (non-hydrogen) atoms. The van der Waals surface area contributed by atoms with Crippen LogP contribution in [0.3, 0.4) is 0 Å². The lowest BCUT2D eigenvalue weighted by Gasteiger charge is -2.08. The highest BCUT2D eigenvalue weighted by molar-refractivity contribution is 5.82. The summed E-state index contributed by atoms with van der Waals surface area (Å²) < 4.78 is 0. The number of hydrogen-bond donors (Lipinski definition) is 1. The lowest BCUT2D eigenvalue weighted by atomic mass is 10.1. The number of pyridine rings is 1. The second-order valence-corrected chi connectivity index (χ2v) is 3.79. The van der Waals surface area contributed by atoms with Crippen LogP contribution in [0.25, 0.3) is 16.5 Å². The molecule has 1 aromatic heterocycles. The molecule has 0 radical (unpaired) electrons. The molecule has 0 atom stereocenters. The van der Waals surface area contributed by atoms with Crippen LogP contribution in [0.4, 0.5) is 0 Å². The molecule has 0 amide bonds. The molecule has 2 heterocycles. The summed E-state index contributed by atoms with van der Waals surface area (Å²) in [7, 11) is 0. The number of hydrogen-bond acceptors (Lipinski definition) is 2. The van der Waals surface area contributed by atoms with Crippen LogP contribution in [0.2, 0.25) is 0 Å². The van der Waals surface area contributed by atoms with Gasteiger partial charge in [0.25, 0.3) is 0 Å². The Morgan fingerprint density at radius 1 is 1.06 bits per heavy atom. The maximum atomic E-state index is 4.65. The van der Waals surface area contributed by atoms with Crippen LogP contribution in [0.15, 0.2) is 54.8 Å². The first-order chi connectivity index (χ1) is 7.93. The highest BCUT2D eigenvalue weighted by atomic mass is 14.8. The molecule has 1 aromatic carbocycles. The van der Waals surface area contributed by atoms with Crippen molar-refractivity contribution in [2.75, 3.05) is 6.54 Å². The van der Waals surface area contributed by atoms with E-state index in [4.69, 9.17) is 0 Å². The van der Waals surface area contributed by atoms with E-state index in [0.29, 0.717) is 0 Å². The van der Waals surface area contributed by atoms with E-state index in [2.05, 4.69) is 40.7 Å². The maximum absolute atomic E-state index is 4.65. The number of aromatic nitrogens is 1. The molecule has 0 fully saturated rings. The predicted octanol–water partition coefficient (Wildman–Crippen LogP) is 2.74. The van der Waals surface area contributed by atoms with Crippen molar-refractivity contribution in [2.45, 2.75) is 0 Å². The highest BCUT2D eigenvalue weighted by Crippen LogP contribution is 2.19. The topological polar surface area (TPSA) is 24.9 Å². The SMILES string of the molecule is C1=CC(c2ccc3ccccc3n2)=CCN1. The van der Waals surface area contributed by atoms with E-state index in [9.17, 15) is 0 Å². The third kappa shape index (κ3) is 1.58. The van der Waals surface area contributed by atoms with Gasteiger partial charge >= 0.3 is 0 Å². The van der Waals surface area contributed by atoms with Crippen molar-refractivity contribution in [1.82, 2.24) is 10.3 Å². The molecule has 2 aromatic rings. The van der Waals surface area contributed by atoms with Gasteiger partial charge in [0, 0.05) is 11.9 Å². The van der Waals surface area contributed by atoms with Gasteiger partial charge in [-0.1, -0.05) is 30.3 Å². The quantitative estimate of drug-likeness (QED) is 0.779. The van der Waals surface area contributed by atoms with Crippen LogP contribution in [-0.4, -0.2) is 11.5 Å². The fourth-order valence-electron chi connectivity index (χ4n) is 1.87. The summed E-state index contributed by atoms with van der Waals surface area (Å²) in [6.45, 7) is 0.875. The number of benzene rings is 1. The third-order valence-corrected chi connectivity index (χ3v) is 2.71. The number of allylic oxidation sites excluding steroid dienone is 2. The molecule has 2 nitrogen and oxygen atoms in total. The summed E-state index contributed by atoms with van der Waals surface area (Å²) in [5.74, 6) is 0. The van der Waals surface area contributed by atoms with Crippen LogP contribution in [-0.2, 0) is 0 Å². The summed E-state index contributed by atoms with van der Waals surface area (Å²) in [4.78, 5) is 4.65. The minimum atomic E-state index is 0.875. The normalized spacial score (nSPS) is 14.6. The summed E-state index contributed by atoms with van der Waals surface area (Å²) in [5, 5.41) is 4.32. The van der Waals surface area contributed by atoms with Crippen molar-refractivity contribution in [3.05, 3.63) is 60.4 Å². The van der Waals surface area contributed by atoms with Gasteiger partial charge in [-0.05, 0) is 30.0 Å². The lowest BCUT2D eigenvalue weighted by Crippen LogP contribution is -2.08. The molecule has 3 rings (SSSR count). The van der Waals surface area contributed by atoms with Gasteiger partial charge in [0.15, 0.2) is 0 Å². The molecule has 1 aliphatic heterocycles. The van der Waals surface area contributed by atoms with E-state index in [-0.39, 0.29) is 0 Å². The number of fused-ring (bicyclic) bond motifs is 1. The Labute approximate surface area is 94.3 Å². The van der Waals surface area contributed by atoms with Crippen LogP contribution in [0.5, 0.6) is 0 Å². The minimum absolute atomic E-state index is 0.875. The van der Waals surface area contributed by atoms with Crippen molar-refractivity contribution in [2.24, 2.45) is 0 Å². The number of rotatable bonds is 1. The van der Waals surface area contributed by atoms with Gasteiger partial charge in [0.1, 0.15) is 0 Å². The molecule has 2 heteroatoms. The van der Waals surface area contributed by atoms with Crippen LogP contribution in [0.1, 0.15) is 5.69 Å². The Hall–Kier alpha value is -2.09. The Balaban J connectivity index is 2.11. The fourth-order valence-corrected chi connectivity index (χ4v) is 1.87. The number of para-hydroxylation sites is 1. The average Bonchev–Trinajstić information content (AvgIpc) is 2.39. The lowest BCUT2D eigenvalue weighted by molar-refractivity contribution is 0.974. The van der Waals surface area contributed by atoms with Gasteiger partial charge in [-0.25, -0.2) is 4.98 Å². The van der Waals surface area contributed by atoms with Gasteiger partial charge in [-0.15, -0.1) is 0 Å². The van der Waals surface area contributed by atoms with Gasteiger partial charge in [0.2, 0.25) is 0 Å². The van der Waals surface area contributed by atoms with Crippen LogP contribution < -0.4 is 5.32 Å². The van der Waals surface area contributed by atoms with Crippen LogP contribution in [0, 0.1) is 0 Å². The molecule has 0 saturated heterocycles. The van der Waals surface area contributed by atoms with E-state index >= 15 is 0 Å². The molecule has 0 spiro atoms. The van der Waals surface area contributed by atoms with E-state index in [1.807, 2.05) is 24.4 Å². The molecule has 1 N–H and O–H groups in total. The monoisotopic (exact) mass is 208 g/mol. The fraction of sp³-hybridized carbons (Fsp3) is 0.0714. The van der Waals surface area contributed by atoms with Crippen molar-refractivity contribution < 1.29 is 0 Å². The van der Waals surface area contributed by atoms with Gasteiger partial charge in [-0.3, -0.25) is 0 Å². The summed E-state index contributed by atoms with van der Waals surface area (Å²) in [5.41, 5.74) is 3.27. The maximum Gasteiger partial charge on any atom is 0.0709 e. The standard InChI is InChI=1S/C14H12N2/c1-2-4-13-11(3-1)5-6-14(16-13)12-7-9-15-10-8-12/h1-9,15H,10H2. The molecule has 0 saturated carbocycles. The molecule has 78 valence electrons. The predicted molar refractivity (Wildman–Crippen MR) is 66.9 cm³/mol. The summed E-state index contributed by atoms with van der Waals surface area (Å²) >= 11 is 0. The van der Waals surface area contributed by atoms with Crippen molar-refractivity contribution in [3.63, 3.8) is 0 Å². The van der Waals surface area contributed by atoms with E-state index in [0.717, 1.165) is 17.8 Å². The molecule has 0 unspecified atom stereocenters. The Bertz CT molecular complexity index is 582. The largest absolute Gasteiger partial charge is 0.387 e. The first-order valence-corrected chi connectivity index (χ1v) is 5.40. The molecule has 0 aliphatic carbocycles. The number of nitrogens with one attached hydrogen (secondary N) is 1. The molecule has 1 aliphatic rings. The van der Waals surface area contributed by atoms with Crippen molar-refractivity contribution in [3.8, 4) is 0 Å². The van der Waals surface area contributed by atoms with Crippen molar-refractivity contribution in [1.29, 1.82) is 0 Å². The number of dihydropyridines is 1. The van der Waals surface area contributed by atoms with Crippen LogP contribution >= 0.6 is 0 Å². The average molecular weight is 208 g/mol. The summed E-state index contributed by atoms with van der Waals surface area (Å²) in [6.07, 6.45) is 6.17. The molecular weight excluding hydrogens is 196 g/mol. The second-order valence-electron chi connectivity index (χ2n) is 3.79. The van der Waals surface area contributed by atoms with E-state index in [1.54, 1.807) is 0 Å². The zero-order valence-electron chi connectivity index (χ0n) is 8.85. The van der Waals surface area contributed by atoms with Gasteiger partial charge in [-0.2, -0.15) is 0 Å². The molecule has 0 bridgehead atoms. The smallest absolute Gasteiger partial charge is 0.0709 e. The first-order valence-electron chi connectivity index (χ1n) is 5.40. The van der Waals surface area contributed by atoms with Gasteiger partial charge in [0.05, 0.1) is 11.2 Å². The second kappa shape index (κ2) is 3.81. The Morgan fingerprint density at radius 3 is 2.88 bits per heavy atom. The number of nitrogens with zero attached hydrogens (tertiary/aromatic N) is 1. The van der Waals surface area contributed by atoms with Gasteiger partial charge < -0.3 is 5.32 Å². The van der Waals surface area contributed by atoms with E-state index < -0.39 is 0 Å². The Kier molecular flexibility index (Phi) is 2.18. The minimum Gasteiger partial charge on any atom is -0.387 e. The zero-order valence-corrected chi connectivity index (χ0v) is 8.85. The summed E-state index contributed by atoms with van der Waals surface area (Å²) in [6, 6.07) is 12.4. The molecular formula is C14H12N2. The Morgan fingerprint density at radius 2 is 2.00 bits per heavy atom. The zero-order chi connectivity index (χ0) is 10.8. The van der Waals surface area contributed by atoms with Crippen molar-refractivity contribution >= 4 is 16.5 Å². The first kappa shape index (κ1) is 9.16. The third-order valence-electron chi connectivity index (χ3n) is 2.71. The highest BCUT2D eigenvalue weighted by Gasteiger charge is 2.03. The van der Waals surface area contributed by atoms with E-state index in [1.165, 1.54) is 11.0 Å².